The zero-order chi connectivity index (χ0) is 11.3. The van der Waals surface area contributed by atoms with Crippen molar-refractivity contribution in [1.82, 2.24) is 0 Å². The van der Waals surface area contributed by atoms with Crippen molar-refractivity contribution in [3.63, 3.8) is 0 Å². The van der Waals surface area contributed by atoms with E-state index in [1.165, 1.54) is 0 Å². The number of ketones is 1. The average molecular weight is 215 g/mol. The lowest BCUT2D eigenvalue weighted by molar-refractivity contribution is -0.115. The summed E-state index contributed by atoms with van der Waals surface area (Å²) in [5.41, 5.74) is 2.55. The normalized spacial score (nSPS) is 26.2. The van der Waals surface area contributed by atoms with Crippen LogP contribution in [0.15, 0.2) is 18.2 Å². The summed E-state index contributed by atoms with van der Waals surface area (Å²) in [6.45, 7) is 2.10. The van der Waals surface area contributed by atoms with Crippen molar-refractivity contribution in [3.05, 3.63) is 29.3 Å². The summed E-state index contributed by atoms with van der Waals surface area (Å²) in [6, 6.07) is 5.51. The van der Waals surface area contributed by atoms with Gasteiger partial charge in [0.1, 0.15) is 0 Å². The molecule has 1 heterocycles. The smallest absolute Gasteiger partial charge is 0.228 e. The van der Waals surface area contributed by atoms with Crippen LogP contribution in [0.5, 0.6) is 0 Å². The molecule has 1 fully saturated rings. The van der Waals surface area contributed by atoms with E-state index in [1.54, 1.807) is 0 Å². The largest absolute Gasteiger partial charge is 0.326 e. The Morgan fingerprint density at radius 1 is 1.44 bits per heavy atom. The van der Waals surface area contributed by atoms with E-state index in [-0.39, 0.29) is 17.6 Å². The molecule has 2 aliphatic rings. The molecule has 0 spiro atoms. The third-order valence-electron chi connectivity index (χ3n) is 3.46. The van der Waals surface area contributed by atoms with Gasteiger partial charge in [0.25, 0.3) is 0 Å². The van der Waals surface area contributed by atoms with Gasteiger partial charge in [-0.3, -0.25) is 9.59 Å². The van der Waals surface area contributed by atoms with Gasteiger partial charge in [0.2, 0.25) is 5.91 Å². The Morgan fingerprint density at radius 3 is 2.88 bits per heavy atom. The molecule has 1 aromatic carbocycles. The Bertz CT molecular complexity index is 493. The van der Waals surface area contributed by atoms with E-state index >= 15 is 0 Å². The minimum absolute atomic E-state index is 0.0133. The Labute approximate surface area is 93.8 Å². The number of hydrogen-bond acceptors (Lipinski definition) is 2. The maximum absolute atomic E-state index is 12.0. The van der Waals surface area contributed by atoms with Gasteiger partial charge in [-0.15, -0.1) is 0 Å². The number of carbonyl (C=O) groups is 2. The van der Waals surface area contributed by atoms with Crippen molar-refractivity contribution < 1.29 is 9.59 Å². The molecule has 0 aromatic heterocycles. The summed E-state index contributed by atoms with van der Waals surface area (Å²) >= 11 is 0. The van der Waals surface area contributed by atoms with E-state index in [1.807, 2.05) is 18.2 Å². The highest BCUT2D eigenvalue weighted by Crippen LogP contribution is 2.40. The number of benzene rings is 1. The highest BCUT2D eigenvalue weighted by atomic mass is 16.1. The predicted octanol–water partition coefficient (Wildman–Crippen LogP) is 2.02. The van der Waals surface area contributed by atoms with Crippen molar-refractivity contribution in [1.29, 1.82) is 0 Å². The van der Waals surface area contributed by atoms with Gasteiger partial charge >= 0.3 is 0 Å². The zero-order valence-electron chi connectivity index (χ0n) is 9.12. The number of amides is 1. The van der Waals surface area contributed by atoms with E-state index in [9.17, 15) is 9.59 Å². The summed E-state index contributed by atoms with van der Waals surface area (Å²) < 4.78 is 0. The van der Waals surface area contributed by atoms with Crippen LogP contribution in [-0.4, -0.2) is 11.7 Å². The average Bonchev–Trinajstić information content (AvgIpc) is 2.85. The number of nitrogens with one attached hydrogen (secondary N) is 1. The molecule has 1 amide bonds. The van der Waals surface area contributed by atoms with Gasteiger partial charge in [-0.25, -0.2) is 0 Å². The zero-order valence-corrected chi connectivity index (χ0v) is 9.12. The van der Waals surface area contributed by atoms with Crippen LogP contribution in [0.25, 0.3) is 0 Å². The molecule has 1 aliphatic heterocycles. The van der Waals surface area contributed by atoms with Crippen LogP contribution in [-0.2, 0) is 11.2 Å². The first-order chi connectivity index (χ1) is 7.65. The number of anilines is 1. The third kappa shape index (κ3) is 1.43. The van der Waals surface area contributed by atoms with Crippen molar-refractivity contribution in [2.75, 3.05) is 5.32 Å². The second-order valence-electron chi connectivity index (χ2n) is 4.78. The molecule has 1 aliphatic carbocycles. The van der Waals surface area contributed by atoms with Crippen LogP contribution in [0.3, 0.4) is 0 Å². The summed E-state index contributed by atoms with van der Waals surface area (Å²) in [4.78, 5) is 23.2. The van der Waals surface area contributed by atoms with Crippen LogP contribution in [0.4, 0.5) is 5.69 Å². The summed E-state index contributed by atoms with van der Waals surface area (Å²) in [5, 5.41) is 2.77. The van der Waals surface area contributed by atoms with E-state index in [2.05, 4.69) is 12.2 Å². The highest BCUT2D eigenvalue weighted by Gasteiger charge is 2.39. The van der Waals surface area contributed by atoms with E-state index in [0.29, 0.717) is 12.3 Å². The fourth-order valence-electron chi connectivity index (χ4n) is 2.28. The number of hydrogen-bond donors (Lipinski definition) is 1. The molecule has 0 saturated heterocycles. The van der Waals surface area contributed by atoms with Gasteiger partial charge in [-0.1, -0.05) is 6.92 Å². The molecule has 1 aromatic rings. The molecule has 0 radical (unpaired) electrons. The van der Waals surface area contributed by atoms with Crippen molar-refractivity contribution in [2.45, 2.75) is 19.8 Å². The lowest BCUT2D eigenvalue weighted by Crippen LogP contribution is -2.03. The van der Waals surface area contributed by atoms with Gasteiger partial charge in [0.15, 0.2) is 5.78 Å². The molecule has 3 heteroatoms. The molecule has 0 bridgehead atoms. The molecular formula is C13H13NO2. The Kier molecular flexibility index (Phi) is 1.90. The molecule has 2 unspecified atom stereocenters. The first-order valence-corrected chi connectivity index (χ1v) is 5.62. The number of rotatable bonds is 2. The molecule has 82 valence electrons. The van der Waals surface area contributed by atoms with Crippen LogP contribution >= 0.6 is 0 Å². The van der Waals surface area contributed by atoms with Crippen LogP contribution < -0.4 is 5.32 Å². The number of Topliss-reactive ketones (excluding diaryl/α,β-unsaturated/α-hetero) is 1. The second-order valence-corrected chi connectivity index (χ2v) is 4.78. The van der Waals surface area contributed by atoms with Gasteiger partial charge in [0.05, 0.1) is 6.42 Å². The minimum Gasteiger partial charge on any atom is -0.326 e. The quantitative estimate of drug-likeness (QED) is 0.767. The molecule has 1 N–H and O–H groups in total. The molecule has 1 saturated carbocycles. The predicted molar refractivity (Wildman–Crippen MR) is 60.4 cm³/mol. The topological polar surface area (TPSA) is 46.2 Å². The van der Waals surface area contributed by atoms with Crippen molar-refractivity contribution >= 4 is 17.4 Å². The monoisotopic (exact) mass is 215 g/mol. The Morgan fingerprint density at radius 2 is 2.19 bits per heavy atom. The van der Waals surface area contributed by atoms with E-state index in [4.69, 9.17) is 0 Å². The van der Waals surface area contributed by atoms with Gasteiger partial charge in [-0.2, -0.15) is 0 Å². The van der Waals surface area contributed by atoms with E-state index < -0.39 is 0 Å². The van der Waals surface area contributed by atoms with Gasteiger partial charge in [-0.05, 0) is 36.1 Å². The second kappa shape index (κ2) is 3.17. The maximum atomic E-state index is 12.0. The fourth-order valence-corrected chi connectivity index (χ4v) is 2.28. The van der Waals surface area contributed by atoms with Gasteiger partial charge < -0.3 is 5.32 Å². The number of carbonyl (C=O) groups excluding carboxylic acids is 2. The van der Waals surface area contributed by atoms with E-state index in [0.717, 1.165) is 23.2 Å². The Balaban J connectivity index is 1.90. The third-order valence-corrected chi connectivity index (χ3v) is 3.46. The SMILES string of the molecule is CC1CC1C(=O)c1ccc2c(c1)CC(=O)N2. The first kappa shape index (κ1) is 9.58. The summed E-state index contributed by atoms with van der Waals surface area (Å²) in [6.07, 6.45) is 1.41. The minimum atomic E-state index is 0.0133. The molecule has 3 rings (SSSR count). The lowest BCUT2D eigenvalue weighted by atomic mass is 10.0. The standard InChI is InChI=1S/C13H13NO2/c1-7-4-10(7)13(16)8-2-3-11-9(5-8)6-12(15)14-11/h2-3,5,7,10H,4,6H2,1H3,(H,14,15). The summed E-state index contributed by atoms with van der Waals surface area (Å²) in [5.74, 6) is 0.984. The first-order valence-electron chi connectivity index (χ1n) is 5.62. The fraction of sp³-hybridized carbons (Fsp3) is 0.385. The molecular weight excluding hydrogens is 202 g/mol. The Hall–Kier alpha value is -1.64. The molecule has 2 atom stereocenters. The van der Waals surface area contributed by atoms with Crippen LogP contribution in [0.1, 0.15) is 29.3 Å². The maximum Gasteiger partial charge on any atom is 0.228 e. The number of fused-ring (bicyclic) bond motifs is 1. The van der Waals surface area contributed by atoms with Crippen molar-refractivity contribution in [2.24, 2.45) is 11.8 Å². The van der Waals surface area contributed by atoms with Crippen molar-refractivity contribution in [3.8, 4) is 0 Å². The summed E-state index contributed by atoms with van der Waals surface area (Å²) in [7, 11) is 0. The highest BCUT2D eigenvalue weighted by molar-refractivity contribution is 6.03. The van der Waals surface area contributed by atoms with Gasteiger partial charge in [0, 0.05) is 17.2 Å². The van der Waals surface area contributed by atoms with Crippen LogP contribution in [0.2, 0.25) is 0 Å². The molecule has 3 nitrogen and oxygen atoms in total. The van der Waals surface area contributed by atoms with Crippen LogP contribution in [0, 0.1) is 11.8 Å². The molecule has 16 heavy (non-hydrogen) atoms. The lowest BCUT2D eigenvalue weighted by Gasteiger charge is -2.02.